The molecule has 1 saturated heterocycles. The van der Waals surface area contributed by atoms with E-state index in [9.17, 15) is 0 Å². The average Bonchev–Trinajstić information content (AvgIpc) is 2.67. The van der Waals surface area contributed by atoms with Gasteiger partial charge < -0.3 is 10.2 Å². The van der Waals surface area contributed by atoms with Crippen molar-refractivity contribution in [3.8, 4) is 0 Å². The smallest absolute Gasteiger partial charge is 0.0534 e. The summed E-state index contributed by atoms with van der Waals surface area (Å²) in [6.45, 7) is 5.64. The Bertz CT molecular complexity index is 347. The Balaban J connectivity index is 1.82. The number of aromatic nitrogens is 2. The molecule has 2 heterocycles. The van der Waals surface area contributed by atoms with Gasteiger partial charge in [0.15, 0.2) is 0 Å². The van der Waals surface area contributed by atoms with E-state index < -0.39 is 0 Å². The molecule has 0 amide bonds. The number of nitrogens with zero attached hydrogens (tertiary/aromatic N) is 3. The first kappa shape index (κ1) is 12.6. The number of aryl methyl sites for hydroxylation is 1. The van der Waals surface area contributed by atoms with Crippen molar-refractivity contribution in [3.05, 3.63) is 18.0 Å². The molecular formula is C13H24N4. The topological polar surface area (TPSA) is 33.1 Å². The highest BCUT2D eigenvalue weighted by atomic mass is 15.2. The minimum absolute atomic E-state index is 0.644. The maximum Gasteiger partial charge on any atom is 0.0534 e. The summed E-state index contributed by atoms with van der Waals surface area (Å²) in [6.07, 6.45) is 6.73. The maximum atomic E-state index is 4.21. The fourth-order valence-corrected chi connectivity index (χ4v) is 2.62. The number of nitrogens with one attached hydrogen (secondary N) is 1. The standard InChI is InChI=1S/C13H24N4/c1-11-5-4-6-14-13(11)10-16(2)8-12-7-15-17(3)9-12/h7,9,11,13-14H,4-6,8,10H2,1-3H3. The van der Waals surface area contributed by atoms with Crippen molar-refractivity contribution in [2.75, 3.05) is 20.1 Å². The van der Waals surface area contributed by atoms with Crippen LogP contribution in [0.2, 0.25) is 0 Å². The highest BCUT2D eigenvalue weighted by molar-refractivity contribution is 5.03. The van der Waals surface area contributed by atoms with Crippen molar-refractivity contribution in [3.63, 3.8) is 0 Å². The Morgan fingerprint density at radius 3 is 3.06 bits per heavy atom. The number of rotatable bonds is 4. The third-order valence-electron chi connectivity index (χ3n) is 3.65. The number of hydrogen-bond donors (Lipinski definition) is 1. The van der Waals surface area contributed by atoms with Crippen LogP contribution in [0.25, 0.3) is 0 Å². The van der Waals surface area contributed by atoms with Crippen molar-refractivity contribution >= 4 is 0 Å². The monoisotopic (exact) mass is 236 g/mol. The van der Waals surface area contributed by atoms with Crippen molar-refractivity contribution < 1.29 is 0 Å². The average molecular weight is 236 g/mol. The molecule has 4 heteroatoms. The number of hydrogen-bond acceptors (Lipinski definition) is 3. The van der Waals surface area contributed by atoms with Crippen LogP contribution < -0.4 is 5.32 Å². The SMILES string of the molecule is CC1CCCNC1CN(C)Cc1cnn(C)c1. The molecule has 2 rings (SSSR count). The van der Waals surface area contributed by atoms with Crippen LogP contribution in [0.3, 0.4) is 0 Å². The highest BCUT2D eigenvalue weighted by Crippen LogP contribution is 2.16. The van der Waals surface area contributed by atoms with Gasteiger partial charge in [0.05, 0.1) is 6.20 Å². The van der Waals surface area contributed by atoms with Gasteiger partial charge in [0.2, 0.25) is 0 Å². The first-order valence-electron chi connectivity index (χ1n) is 6.54. The third kappa shape index (κ3) is 3.54. The zero-order valence-electron chi connectivity index (χ0n) is 11.2. The van der Waals surface area contributed by atoms with Crippen molar-refractivity contribution in [1.82, 2.24) is 20.0 Å². The molecule has 4 nitrogen and oxygen atoms in total. The summed E-state index contributed by atoms with van der Waals surface area (Å²) in [5.41, 5.74) is 1.29. The van der Waals surface area contributed by atoms with Gasteiger partial charge in [0, 0.05) is 37.9 Å². The van der Waals surface area contributed by atoms with Crippen LogP contribution in [0.15, 0.2) is 12.4 Å². The zero-order valence-corrected chi connectivity index (χ0v) is 11.2. The largest absolute Gasteiger partial charge is 0.312 e. The van der Waals surface area contributed by atoms with Gasteiger partial charge in [-0.25, -0.2) is 0 Å². The summed E-state index contributed by atoms with van der Waals surface area (Å²) >= 11 is 0. The van der Waals surface area contributed by atoms with Crippen LogP contribution in [-0.4, -0.2) is 40.9 Å². The number of likely N-dealkylation sites (N-methyl/N-ethyl adjacent to an activating group) is 1. The molecule has 1 fully saturated rings. The lowest BCUT2D eigenvalue weighted by Crippen LogP contribution is -2.46. The molecule has 0 spiro atoms. The van der Waals surface area contributed by atoms with Crippen molar-refractivity contribution in [2.24, 2.45) is 13.0 Å². The van der Waals surface area contributed by atoms with Gasteiger partial charge in [0.25, 0.3) is 0 Å². The molecule has 0 saturated carbocycles. The predicted molar refractivity (Wildman–Crippen MR) is 69.7 cm³/mol. The summed E-state index contributed by atoms with van der Waals surface area (Å²) in [7, 11) is 4.16. The lowest BCUT2D eigenvalue weighted by molar-refractivity contribution is 0.212. The molecule has 1 aliphatic heterocycles. The van der Waals surface area contributed by atoms with E-state index in [0.29, 0.717) is 6.04 Å². The Kier molecular flexibility index (Phi) is 4.18. The lowest BCUT2D eigenvalue weighted by atomic mass is 9.92. The van der Waals surface area contributed by atoms with Gasteiger partial charge in [-0.3, -0.25) is 4.68 Å². The fourth-order valence-electron chi connectivity index (χ4n) is 2.62. The summed E-state index contributed by atoms with van der Waals surface area (Å²) in [4.78, 5) is 2.39. The van der Waals surface area contributed by atoms with Crippen LogP contribution in [-0.2, 0) is 13.6 Å². The second-order valence-corrected chi connectivity index (χ2v) is 5.40. The molecule has 1 aromatic rings. The Labute approximate surface area is 104 Å². The zero-order chi connectivity index (χ0) is 12.3. The molecule has 2 atom stereocenters. The molecular weight excluding hydrogens is 212 g/mol. The molecule has 0 radical (unpaired) electrons. The van der Waals surface area contributed by atoms with Crippen LogP contribution in [0.1, 0.15) is 25.3 Å². The quantitative estimate of drug-likeness (QED) is 0.854. The van der Waals surface area contributed by atoms with Gasteiger partial charge in [-0.1, -0.05) is 6.92 Å². The third-order valence-corrected chi connectivity index (χ3v) is 3.65. The molecule has 1 N–H and O–H groups in total. The molecule has 1 aliphatic rings. The second kappa shape index (κ2) is 5.65. The first-order valence-corrected chi connectivity index (χ1v) is 6.54. The van der Waals surface area contributed by atoms with Gasteiger partial charge in [-0.15, -0.1) is 0 Å². The van der Waals surface area contributed by atoms with E-state index >= 15 is 0 Å². The molecule has 0 bridgehead atoms. The molecule has 2 unspecified atom stereocenters. The van der Waals surface area contributed by atoms with Gasteiger partial charge in [-0.05, 0) is 32.4 Å². The maximum absolute atomic E-state index is 4.21. The minimum Gasteiger partial charge on any atom is -0.312 e. The van der Waals surface area contributed by atoms with E-state index in [4.69, 9.17) is 0 Å². The lowest BCUT2D eigenvalue weighted by Gasteiger charge is -2.33. The second-order valence-electron chi connectivity index (χ2n) is 5.40. The van der Waals surface area contributed by atoms with E-state index in [2.05, 4.69) is 35.5 Å². The Morgan fingerprint density at radius 2 is 2.41 bits per heavy atom. The summed E-state index contributed by atoms with van der Waals surface area (Å²) in [5, 5.41) is 7.83. The van der Waals surface area contributed by atoms with Crippen LogP contribution >= 0.6 is 0 Å². The molecule has 96 valence electrons. The van der Waals surface area contributed by atoms with Gasteiger partial charge in [-0.2, -0.15) is 5.10 Å². The number of piperidine rings is 1. The van der Waals surface area contributed by atoms with E-state index in [1.807, 2.05) is 17.9 Å². The Morgan fingerprint density at radius 1 is 1.59 bits per heavy atom. The summed E-state index contributed by atoms with van der Waals surface area (Å²) < 4.78 is 1.87. The van der Waals surface area contributed by atoms with E-state index in [1.165, 1.54) is 24.9 Å². The van der Waals surface area contributed by atoms with Crippen molar-refractivity contribution in [1.29, 1.82) is 0 Å². The normalized spacial score (nSPS) is 25.4. The summed E-state index contributed by atoms with van der Waals surface area (Å²) in [6, 6.07) is 0.644. The summed E-state index contributed by atoms with van der Waals surface area (Å²) in [5.74, 6) is 0.792. The van der Waals surface area contributed by atoms with Gasteiger partial charge in [0.1, 0.15) is 0 Å². The van der Waals surface area contributed by atoms with Crippen LogP contribution in [0, 0.1) is 5.92 Å². The molecule has 0 aliphatic carbocycles. The van der Waals surface area contributed by atoms with E-state index in [0.717, 1.165) is 19.0 Å². The van der Waals surface area contributed by atoms with Crippen LogP contribution in [0.4, 0.5) is 0 Å². The van der Waals surface area contributed by atoms with E-state index in [-0.39, 0.29) is 0 Å². The van der Waals surface area contributed by atoms with Crippen molar-refractivity contribution in [2.45, 2.75) is 32.4 Å². The molecule has 0 aromatic carbocycles. The van der Waals surface area contributed by atoms with Gasteiger partial charge >= 0.3 is 0 Å². The molecule has 1 aromatic heterocycles. The fraction of sp³-hybridized carbons (Fsp3) is 0.769. The minimum atomic E-state index is 0.644. The van der Waals surface area contributed by atoms with Crippen LogP contribution in [0.5, 0.6) is 0 Å². The van der Waals surface area contributed by atoms with E-state index in [1.54, 1.807) is 0 Å². The first-order chi connectivity index (χ1) is 8.15. The Hall–Kier alpha value is -0.870. The molecule has 17 heavy (non-hydrogen) atoms. The highest BCUT2D eigenvalue weighted by Gasteiger charge is 2.21. The predicted octanol–water partition coefficient (Wildman–Crippen LogP) is 1.24.